The molecule has 0 saturated heterocycles. The SMILES string of the molecule is CCN(CCC(=O)O)C(=O)CC(N)C1CC1. The van der Waals surface area contributed by atoms with E-state index in [1.165, 1.54) is 0 Å². The zero-order valence-electron chi connectivity index (χ0n) is 9.69. The molecule has 1 amide bonds. The summed E-state index contributed by atoms with van der Waals surface area (Å²) in [4.78, 5) is 23.8. The molecule has 0 radical (unpaired) electrons. The zero-order valence-corrected chi connectivity index (χ0v) is 9.69. The Hall–Kier alpha value is -1.10. The van der Waals surface area contributed by atoms with Gasteiger partial charge in [-0.15, -0.1) is 0 Å². The molecule has 1 saturated carbocycles. The van der Waals surface area contributed by atoms with E-state index in [1.807, 2.05) is 6.92 Å². The van der Waals surface area contributed by atoms with E-state index in [0.717, 1.165) is 12.8 Å². The third-order valence-electron chi connectivity index (χ3n) is 2.97. The second kappa shape index (κ2) is 5.84. The van der Waals surface area contributed by atoms with Crippen molar-refractivity contribution < 1.29 is 14.7 Å². The maximum Gasteiger partial charge on any atom is 0.305 e. The van der Waals surface area contributed by atoms with Gasteiger partial charge in [0.05, 0.1) is 6.42 Å². The lowest BCUT2D eigenvalue weighted by atomic mass is 10.1. The highest BCUT2D eigenvalue weighted by Crippen LogP contribution is 2.32. The minimum absolute atomic E-state index is 0.00174. The van der Waals surface area contributed by atoms with Crippen molar-refractivity contribution in [2.24, 2.45) is 11.7 Å². The predicted molar refractivity (Wildman–Crippen MR) is 59.8 cm³/mol. The summed E-state index contributed by atoms with van der Waals surface area (Å²) in [7, 11) is 0. The number of amides is 1. The summed E-state index contributed by atoms with van der Waals surface area (Å²) < 4.78 is 0. The van der Waals surface area contributed by atoms with Crippen LogP contribution in [0.1, 0.15) is 32.6 Å². The smallest absolute Gasteiger partial charge is 0.305 e. The molecule has 0 aromatic carbocycles. The van der Waals surface area contributed by atoms with Gasteiger partial charge in [-0.25, -0.2) is 0 Å². The second-order valence-electron chi connectivity index (χ2n) is 4.32. The van der Waals surface area contributed by atoms with Crippen LogP contribution in [0.25, 0.3) is 0 Å². The van der Waals surface area contributed by atoms with Crippen LogP contribution in [0.4, 0.5) is 0 Å². The largest absolute Gasteiger partial charge is 0.481 e. The number of nitrogens with two attached hydrogens (primary N) is 1. The third kappa shape index (κ3) is 4.18. The number of carboxylic acid groups (broad SMARTS) is 1. The summed E-state index contributed by atoms with van der Waals surface area (Å²) in [6, 6.07) is -0.0496. The van der Waals surface area contributed by atoms with Gasteiger partial charge in [-0.1, -0.05) is 0 Å². The molecule has 5 nitrogen and oxygen atoms in total. The summed E-state index contributed by atoms with van der Waals surface area (Å²) in [5.74, 6) is -0.400. The Morgan fingerprint density at radius 2 is 2.12 bits per heavy atom. The maximum atomic E-state index is 11.8. The highest BCUT2D eigenvalue weighted by molar-refractivity contribution is 5.77. The summed E-state index contributed by atoms with van der Waals surface area (Å²) in [6.07, 6.45) is 2.59. The highest BCUT2D eigenvalue weighted by atomic mass is 16.4. The molecule has 1 rings (SSSR count). The van der Waals surface area contributed by atoms with Crippen LogP contribution < -0.4 is 5.73 Å². The van der Waals surface area contributed by atoms with Gasteiger partial charge >= 0.3 is 5.97 Å². The minimum atomic E-state index is -0.877. The number of hydrogen-bond donors (Lipinski definition) is 2. The van der Waals surface area contributed by atoms with E-state index >= 15 is 0 Å². The maximum absolute atomic E-state index is 11.8. The van der Waals surface area contributed by atoms with Gasteiger partial charge in [0.1, 0.15) is 0 Å². The van der Waals surface area contributed by atoms with Crippen LogP contribution in [0.3, 0.4) is 0 Å². The molecule has 1 fully saturated rings. The van der Waals surface area contributed by atoms with E-state index in [4.69, 9.17) is 10.8 Å². The van der Waals surface area contributed by atoms with Gasteiger partial charge < -0.3 is 15.7 Å². The van der Waals surface area contributed by atoms with E-state index in [2.05, 4.69) is 0 Å². The Labute approximate surface area is 95.6 Å². The summed E-state index contributed by atoms with van der Waals surface area (Å²) in [5.41, 5.74) is 5.86. The van der Waals surface area contributed by atoms with Gasteiger partial charge in [0.15, 0.2) is 0 Å². The molecule has 1 aliphatic carbocycles. The first-order valence-corrected chi connectivity index (χ1v) is 5.79. The Morgan fingerprint density at radius 3 is 2.56 bits per heavy atom. The van der Waals surface area contributed by atoms with Gasteiger partial charge in [0, 0.05) is 25.6 Å². The van der Waals surface area contributed by atoms with Crippen molar-refractivity contribution in [1.29, 1.82) is 0 Å². The average Bonchev–Trinajstić information content (AvgIpc) is 3.01. The third-order valence-corrected chi connectivity index (χ3v) is 2.97. The Balaban J connectivity index is 2.32. The Bertz CT molecular complexity index is 264. The fourth-order valence-corrected chi connectivity index (χ4v) is 1.71. The van der Waals surface area contributed by atoms with Crippen LogP contribution in [-0.4, -0.2) is 41.0 Å². The fourth-order valence-electron chi connectivity index (χ4n) is 1.71. The minimum Gasteiger partial charge on any atom is -0.481 e. The molecule has 3 N–H and O–H groups in total. The molecule has 0 aromatic heterocycles. The van der Waals surface area contributed by atoms with Crippen LogP contribution in [-0.2, 0) is 9.59 Å². The van der Waals surface area contributed by atoms with Crippen molar-refractivity contribution in [3.05, 3.63) is 0 Å². The molecular formula is C11H20N2O3. The van der Waals surface area contributed by atoms with Crippen molar-refractivity contribution in [3.63, 3.8) is 0 Å². The fraction of sp³-hybridized carbons (Fsp3) is 0.818. The number of nitrogens with zero attached hydrogens (tertiary/aromatic N) is 1. The van der Waals surface area contributed by atoms with Gasteiger partial charge in [-0.3, -0.25) is 9.59 Å². The van der Waals surface area contributed by atoms with Crippen LogP contribution in [0, 0.1) is 5.92 Å². The van der Waals surface area contributed by atoms with Gasteiger partial charge in [-0.05, 0) is 25.7 Å². The Kier molecular flexibility index (Phi) is 4.73. The molecule has 0 bridgehead atoms. The molecule has 1 atom stereocenters. The number of carbonyl (C=O) groups excluding carboxylic acids is 1. The number of aliphatic carboxylic acids is 1. The molecule has 5 heteroatoms. The molecule has 16 heavy (non-hydrogen) atoms. The molecule has 92 valence electrons. The molecule has 1 aliphatic rings. The molecule has 1 unspecified atom stereocenters. The number of carbonyl (C=O) groups is 2. The van der Waals surface area contributed by atoms with Crippen molar-refractivity contribution in [1.82, 2.24) is 4.90 Å². The van der Waals surface area contributed by atoms with Gasteiger partial charge in [0.25, 0.3) is 0 Å². The summed E-state index contributed by atoms with van der Waals surface area (Å²) in [5, 5.41) is 8.56. The number of rotatable bonds is 7. The molecule has 0 spiro atoms. The highest BCUT2D eigenvalue weighted by Gasteiger charge is 2.30. The normalized spacial score (nSPS) is 16.9. The van der Waals surface area contributed by atoms with Crippen molar-refractivity contribution in [3.8, 4) is 0 Å². The van der Waals surface area contributed by atoms with E-state index < -0.39 is 5.97 Å². The molecule has 0 aromatic rings. The predicted octanol–water partition coefficient (Wildman–Crippen LogP) is 0.437. The van der Waals surface area contributed by atoms with Crippen LogP contribution >= 0.6 is 0 Å². The van der Waals surface area contributed by atoms with Gasteiger partial charge in [0.2, 0.25) is 5.91 Å². The number of carboxylic acids is 1. The zero-order chi connectivity index (χ0) is 12.1. The number of hydrogen-bond acceptors (Lipinski definition) is 3. The first-order valence-electron chi connectivity index (χ1n) is 5.79. The van der Waals surface area contributed by atoms with E-state index in [9.17, 15) is 9.59 Å². The Morgan fingerprint density at radius 1 is 1.50 bits per heavy atom. The van der Waals surface area contributed by atoms with Crippen molar-refractivity contribution in [2.75, 3.05) is 13.1 Å². The summed E-state index contributed by atoms with van der Waals surface area (Å²) in [6.45, 7) is 2.67. The van der Waals surface area contributed by atoms with Crippen molar-refractivity contribution >= 4 is 11.9 Å². The standard InChI is InChI=1S/C11H20N2O3/c1-2-13(6-5-11(15)16)10(14)7-9(12)8-3-4-8/h8-9H,2-7,12H2,1H3,(H,15,16). The van der Waals surface area contributed by atoms with Crippen LogP contribution in [0.2, 0.25) is 0 Å². The first-order chi connectivity index (χ1) is 7.54. The van der Waals surface area contributed by atoms with Crippen molar-refractivity contribution in [2.45, 2.75) is 38.6 Å². The lowest BCUT2D eigenvalue weighted by Gasteiger charge is -2.21. The van der Waals surface area contributed by atoms with E-state index in [1.54, 1.807) is 4.90 Å². The first kappa shape index (κ1) is 13.0. The van der Waals surface area contributed by atoms with Gasteiger partial charge in [-0.2, -0.15) is 0 Å². The van der Waals surface area contributed by atoms with E-state index in [-0.39, 0.29) is 24.9 Å². The monoisotopic (exact) mass is 228 g/mol. The second-order valence-corrected chi connectivity index (χ2v) is 4.32. The lowest BCUT2D eigenvalue weighted by molar-refractivity contribution is -0.138. The summed E-state index contributed by atoms with van der Waals surface area (Å²) >= 11 is 0. The average molecular weight is 228 g/mol. The lowest BCUT2D eigenvalue weighted by Crippen LogP contribution is -2.37. The molecular weight excluding hydrogens is 208 g/mol. The van der Waals surface area contributed by atoms with E-state index in [0.29, 0.717) is 18.9 Å². The quantitative estimate of drug-likeness (QED) is 0.662. The van der Waals surface area contributed by atoms with Crippen LogP contribution in [0.15, 0.2) is 0 Å². The topological polar surface area (TPSA) is 83.6 Å². The molecule has 0 aliphatic heterocycles. The van der Waals surface area contributed by atoms with Crippen LogP contribution in [0.5, 0.6) is 0 Å². The molecule has 0 heterocycles.